The summed E-state index contributed by atoms with van der Waals surface area (Å²) >= 11 is 6.20. The number of methoxy groups -OCH3 is 1. The number of hydrogen-bond donors (Lipinski definition) is 1. The predicted octanol–water partition coefficient (Wildman–Crippen LogP) is 5.28. The van der Waals surface area contributed by atoms with Crippen LogP contribution in [0, 0.1) is 6.92 Å². The van der Waals surface area contributed by atoms with Crippen molar-refractivity contribution >= 4 is 34.7 Å². The molecular formula is C25H20ClNO4. The molecule has 5 nitrogen and oxygen atoms in total. The van der Waals surface area contributed by atoms with Gasteiger partial charge in [-0.05, 0) is 54.4 Å². The average Bonchev–Trinajstić information content (AvgIpc) is 3.06. The topological polar surface area (TPSA) is 66.8 Å². The Morgan fingerprint density at radius 3 is 2.32 bits per heavy atom. The van der Waals surface area contributed by atoms with Gasteiger partial charge in [0.1, 0.15) is 11.5 Å². The molecule has 1 atom stereocenters. The SMILES string of the molecule is COc1ccc(/C(O)=C2\C(=O)C(=O)N(c3cc(Cl)ccc3C)C2c2ccccc2)cc1. The molecule has 0 aromatic heterocycles. The third-order valence-electron chi connectivity index (χ3n) is 5.35. The number of ketones is 1. The number of halogens is 1. The minimum atomic E-state index is -0.791. The van der Waals surface area contributed by atoms with Crippen molar-refractivity contribution < 1.29 is 19.4 Å². The third-order valence-corrected chi connectivity index (χ3v) is 5.59. The fourth-order valence-electron chi connectivity index (χ4n) is 3.78. The lowest BCUT2D eigenvalue weighted by molar-refractivity contribution is -0.132. The number of amides is 1. The molecule has 1 saturated heterocycles. The molecule has 1 N–H and O–H groups in total. The monoisotopic (exact) mass is 433 g/mol. The molecule has 3 aromatic rings. The third kappa shape index (κ3) is 3.68. The van der Waals surface area contributed by atoms with Gasteiger partial charge in [0.2, 0.25) is 0 Å². The van der Waals surface area contributed by atoms with Gasteiger partial charge in [-0.3, -0.25) is 14.5 Å². The number of hydrogen-bond acceptors (Lipinski definition) is 4. The van der Waals surface area contributed by atoms with Crippen LogP contribution in [-0.4, -0.2) is 23.9 Å². The van der Waals surface area contributed by atoms with E-state index in [1.807, 2.05) is 37.3 Å². The second kappa shape index (κ2) is 8.28. The molecule has 1 aliphatic heterocycles. The van der Waals surface area contributed by atoms with E-state index in [9.17, 15) is 14.7 Å². The molecule has 1 fully saturated rings. The molecule has 0 radical (unpaired) electrons. The maximum Gasteiger partial charge on any atom is 0.300 e. The number of aliphatic hydroxyl groups is 1. The summed E-state index contributed by atoms with van der Waals surface area (Å²) in [6.07, 6.45) is 0. The number of carbonyl (C=O) groups is 2. The van der Waals surface area contributed by atoms with Gasteiger partial charge in [0.15, 0.2) is 0 Å². The van der Waals surface area contributed by atoms with Crippen molar-refractivity contribution in [1.29, 1.82) is 0 Å². The molecule has 0 spiro atoms. The zero-order valence-electron chi connectivity index (χ0n) is 17.0. The van der Waals surface area contributed by atoms with Gasteiger partial charge in [0, 0.05) is 16.3 Å². The van der Waals surface area contributed by atoms with Crippen molar-refractivity contribution in [3.63, 3.8) is 0 Å². The Kier molecular flexibility index (Phi) is 5.53. The van der Waals surface area contributed by atoms with Gasteiger partial charge < -0.3 is 9.84 Å². The fourth-order valence-corrected chi connectivity index (χ4v) is 3.94. The lowest BCUT2D eigenvalue weighted by Gasteiger charge is -2.27. The summed E-state index contributed by atoms with van der Waals surface area (Å²) in [5.74, 6) is -1.08. The number of ether oxygens (including phenoxy) is 1. The van der Waals surface area contributed by atoms with Crippen molar-refractivity contribution in [2.75, 3.05) is 12.0 Å². The van der Waals surface area contributed by atoms with E-state index >= 15 is 0 Å². The van der Waals surface area contributed by atoms with Crippen LogP contribution in [0.2, 0.25) is 5.02 Å². The largest absolute Gasteiger partial charge is 0.507 e. The molecule has 4 rings (SSSR count). The Balaban J connectivity index is 1.94. The Bertz CT molecular complexity index is 1190. The number of carbonyl (C=O) groups excluding carboxylic acids is 2. The van der Waals surface area contributed by atoms with Gasteiger partial charge in [-0.2, -0.15) is 0 Å². The van der Waals surface area contributed by atoms with E-state index in [-0.39, 0.29) is 11.3 Å². The molecular weight excluding hydrogens is 414 g/mol. The van der Waals surface area contributed by atoms with Gasteiger partial charge in [0.25, 0.3) is 11.7 Å². The lowest BCUT2D eigenvalue weighted by Crippen LogP contribution is -2.30. The minimum absolute atomic E-state index is 0.0285. The fraction of sp³-hybridized carbons (Fsp3) is 0.120. The zero-order valence-corrected chi connectivity index (χ0v) is 17.8. The summed E-state index contributed by atoms with van der Waals surface area (Å²) in [5, 5.41) is 11.6. The van der Waals surface area contributed by atoms with E-state index in [4.69, 9.17) is 16.3 Å². The smallest absolute Gasteiger partial charge is 0.300 e. The molecule has 1 amide bonds. The second-order valence-corrected chi connectivity index (χ2v) is 7.68. The van der Waals surface area contributed by atoms with Crippen LogP contribution in [0.4, 0.5) is 5.69 Å². The van der Waals surface area contributed by atoms with Crippen molar-refractivity contribution in [3.8, 4) is 5.75 Å². The number of anilines is 1. The Morgan fingerprint density at radius 1 is 1.00 bits per heavy atom. The van der Waals surface area contributed by atoms with E-state index in [1.54, 1.807) is 49.6 Å². The van der Waals surface area contributed by atoms with Crippen molar-refractivity contribution in [2.24, 2.45) is 0 Å². The number of benzene rings is 3. The zero-order chi connectivity index (χ0) is 22.1. The van der Waals surface area contributed by atoms with Gasteiger partial charge >= 0.3 is 0 Å². The van der Waals surface area contributed by atoms with Gasteiger partial charge in [0.05, 0.1) is 18.7 Å². The molecule has 6 heteroatoms. The van der Waals surface area contributed by atoms with Gasteiger partial charge in [-0.15, -0.1) is 0 Å². The summed E-state index contributed by atoms with van der Waals surface area (Å²) in [7, 11) is 1.54. The van der Waals surface area contributed by atoms with Crippen molar-refractivity contribution in [2.45, 2.75) is 13.0 Å². The van der Waals surface area contributed by atoms with Gasteiger partial charge in [-0.1, -0.05) is 48.0 Å². The molecule has 156 valence electrons. The molecule has 1 aliphatic rings. The molecule has 1 unspecified atom stereocenters. The Morgan fingerprint density at radius 2 is 1.68 bits per heavy atom. The van der Waals surface area contributed by atoms with Crippen molar-refractivity contribution in [3.05, 3.63) is 100 Å². The van der Waals surface area contributed by atoms with Crippen LogP contribution in [0.1, 0.15) is 22.7 Å². The van der Waals surface area contributed by atoms with Crippen LogP contribution < -0.4 is 9.64 Å². The number of rotatable bonds is 4. The van der Waals surface area contributed by atoms with Crippen LogP contribution in [0.25, 0.3) is 5.76 Å². The average molecular weight is 434 g/mol. The Hall–Kier alpha value is -3.57. The maximum atomic E-state index is 13.2. The molecule has 0 bridgehead atoms. The molecule has 0 saturated carbocycles. The summed E-state index contributed by atoms with van der Waals surface area (Å²) in [6, 6.07) is 20.2. The van der Waals surface area contributed by atoms with E-state index in [0.717, 1.165) is 5.56 Å². The van der Waals surface area contributed by atoms with Crippen LogP contribution in [-0.2, 0) is 9.59 Å². The van der Waals surface area contributed by atoms with E-state index in [2.05, 4.69) is 0 Å². The normalized spacial score (nSPS) is 17.8. The highest BCUT2D eigenvalue weighted by atomic mass is 35.5. The van der Waals surface area contributed by atoms with E-state index in [1.165, 1.54) is 4.90 Å². The first kappa shape index (κ1) is 20.7. The summed E-state index contributed by atoms with van der Waals surface area (Å²) in [6.45, 7) is 1.84. The molecule has 31 heavy (non-hydrogen) atoms. The van der Waals surface area contributed by atoms with Crippen LogP contribution in [0.3, 0.4) is 0 Å². The highest BCUT2D eigenvalue weighted by Gasteiger charge is 2.47. The standard InChI is InChI=1S/C25H20ClNO4/c1-15-8-11-18(26)14-20(15)27-22(16-6-4-3-5-7-16)21(24(29)25(27)30)23(28)17-9-12-19(31-2)13-10-17/h3-14,22,28H,1-2H3/b23-21+. The molecule has 3 aromatic carbocycles. The minimum Gasteiger partial charge on any atom is -0.507 e. The molecule has 1 heterocycles. The quantitative estimate of drug-likeness (QED) is 0.345. The maximum absolute atomic E-state index is 13.2. The summed E-state index contributed by atoms with van der Waals surface area (Å²) in [5.41, 5.74) is 2.47. The number of aliphatic hydroxyl groups excluding tert-OH is 1. The Labute approximate surface area is 185 Å². The molecule has 0 aliphatic carbocycles. The number of Topliss-reactive ketones (excluding diaryl/α,β-unsaturated/α-hetero) is 1. The summed E-state index contributed by atoms with van der Waals surface area (Å²) in [4.78, 5) is 27.7. The van der Waals surface area contributed by atoms with E-state index in [0.29, 0.717) is 27.6 Å². The van der Waals surface area contributed by atoms with Crippen molar-refractivity contribution in [1.82, 2.24) is 0 Å². The van der Waals surface area contributed by atoms with Crippen LogP contribution in [0.15, 0.2) is 78.4 Å². The van der Waals surface area contributed by atoms with Crippen LogP contribution in [0.5, 0.6) is 5.75 Å². The second-order valence-electron chi connectivity index (χ2n) is 7.24. The summed E-state index contributed by atoms with van der Waals surface area (Å²) < 4.78 is 5.16. The number of nitrogens with zero attached hydrogens (tertiary/aromatic N) is 1. The first-order valence-corrected chi connectivity index (χ1v) is 10.1. The first-order valence-electron chi connectivity index (χ1n) is 9.69. The first-order chi connectivity index (χ1) is 14.9. The van der Waals surface area contributed by atoms with E-state index < -0.39 is 17.7 Å². The number of aryl methyl sites for hydroxylation is 1. The highest BCUT2D eigenvalue weighted by Crippen LogP contribution is 2.43. The van der Waals surface area contributed by atoms with Gasteiger partial charge in [-0.25, -0.2) is 0 Å². The lowest BCUT2D eigenvalue weighted by atomic mass is 9.95. The highest BCUT2D eigenvalue weighted by molar-refractivity contribution is 6.52. The van der Waals surface area contributed by atoms with Crippen LogP contribution >= 0.6 is 11.6 Å². The predicted molar refractivity (Wildman–Crippen MR) is 120 cm³/mol.